The highest BCUT2D eigenvalue weighted by Crippen LogP contribution is 2.10. The van der Waals surface area contributed by atoms with Crippen LogP contribution in [0.5, 0.6) is 0 Å². The summed E-state index contributed by atoms with van der Waals surface area (Å²) in [6.45, 7) is 1.87. The van der Waals surface area contributed by atoms with E-state index in [0.29, 0.717) is 12.5 Å². The summed E-state index contributed by atoms with van der Waals surface area (Å²) in [7, 11) is 1.89. The molecule has 1 N–H and O–H groups in total. The molecule has 2 heterocycles. The van der Waals surface area contributed by atoms with Crippen LogP contribution in [0.4, 0.5) is 0 Å². The van der Waals surface area contributed by atoms with Crippen LogP contribution in [0, 0.1) is 0 Å². The first kappa shape index (κ1) is 9.68. The fourth-order valence-corrected chi connectivity index (χ4v) is 2.11. The molecule has 76 valence electrons. The standard InChI is InChI=1S/C10H14N2OS/c1-12(9-5-11-6-9)10(13)4-8-2-3-14-7-8/h2-3,7,9,11H,4-6H2,1H3. The first-order chi connectivity index (χ1) is 6.77. The lowest BCUT2D eigenvalue weighted by Gasteiger charge is -2.35. The molecule has 2 rings (SSSR count). The normalized spacial score (nSPS) is 16.4. The molecule has 0 bridgehead atoms. The van der Waals surface area contributed by atoms with Gasteiger partial charge < -0.3 is 10.2 Å². The third kappa shape index (κ3) is 1.96. The van der Waals surface area contributed by atoms with E-state index in [-0.39, 0.29) is 5.91 Å². The number of carbonyl (C=O) groups excluding carboxylic acids is 1. The molecule has 1 aliphatic rings. The highest BCUT2D eigenvalue weighted by Gasteiger charge is 2.24. The highest BCUT2D eigenvalue weighted by atomic mass is 32.1. The van der Waals surface area contributed by atoms with Crippen molar-refractivity contribution in [2.24, 2.45) is 0 Å². The third-order valence-electron chi connectivity index (χ3n) is 2.64. The van der Waals surface area contributed by atoms with Crippen molar-refractivity contribution >= 4 is 17.2 Å². The molecule has 3 nitrogen and oxygen atoms in total. The SMILES string of the molecule is CN(C(=O)Cc1ccsc1)C1CNC1. The molecule has 0 aromatic carbocycles. The van der Waals surface area contributed by atoms with Crippen LogP contribution in [0.1, 0.15) is 5.56 Å². The lowest BCUT2D eigenvalue weighted by Crippen LogP contribution is -2.57. The average molecular weight is 210 g/mol. The lowest BCUT2D eigenvalue weighted by molar-refractivity contribution is -0.132. The van der Waals surface area contributed by atoms with Crippen LogP contribution in [0.2, 0.25) is 0 Å². The Balaban J connectivity index is 1.88. The maximum atomic E-state index is 11.7. The molecular formula is C10H14N2OS. The predicted molar refractivity (Wildman–Crippen MR) is 57.5 cm³/mol. The summed E-state index contributed by atoms with van der Waals surface area (Å²) in [4.78, 5) is 13.6. The molecule has 0 saturated carbocycles. The van der Waals surface area contributed by atoms with Gasteiger partial charge in [0.25, 0.3) is 0 Å². The summed E-state index contributed by atoms with van der Waals surface area (Å²) in [5.41, 5.74) is 1.12. The summed E-state index contributed by atoms with van der Waals surface area (Å²) < 4.78 is 0. The van der Waals surface area contributed by atoms with Gasteiger partial charge in [0, 0.05) is 20.1 Å². The van der Waals surface area contributed by atoms with Gasteiger partial charge in [-0.2, -0.15) is 11.3 Å². The molecular weight excluding hydrogens is 196 g/mol. The van der Waals surface area contributed by atoms with Crippen molar-refractivity contribution in [1.82, 2.24) is 10.2 Å². The highest BCUT2D eigenvalue weighted by molar-refractivity contribution is 7.07. The van der Waals surface area contributed by atoms with E-state index >= 15 is 0 Å². The van der Waals surface area contributed by atoms with Gasteiger partial charge in [-0.1, -0.05) is 0 Å². The molecule has 1 fully saturated rings. The number of amides is 1. The minimum absolute atomic E-state index is 0.218. The molecule has 0 unspecified atom stereocenters. The van der Waals surface area contributed by atoms with Gasteiger partial charge >= 0.3 is 0 Å². The topological polar surface area (TPSA) is 32.3 Å². The zero-order valence-corrected chi connectivity index (χ0v) is 9.01. The monoisotopic (exact) mass is 210 g/mol. The second kappa shape index (κ2) is 4.11. The van der Waals surface area contributed by atoms with Crippen molar-refractivity contribution < 1.29 is 4.79 Å². The summed E-state index contributed by atoms with van der Waals surface area (Å²) in [6, 6.07) is 2.41. The number of hydrogen-bond acceptors (Lipinski definition) is 3. The van der Waals surface area contributed by atoms with Gasteiger partial charge in [0.15, 0.2) is 0 Å². The third-order valence-corrected chi connectivity index (χ3v) is 3.37. The number of rotatable bonds is 3. The summed E-state index contributed by atoms with van der Waals surface area (Å²) in [5.74, 6) is 0.218. The van der Waals surface area contributed by atoms with Gasteiger partial charge in [0.05, 0.1) is 12.5 Å². The van der Waals surface area contributed by atoms with E-state index in [1.54, 1.807) is 11.3 Å². The van der Waals surface area contributed by atoms with Gasteiger partial charge in [-0.05, 0) is 22.4 Å². The van der Waals surface area contributed by atoms with Crippen molar-refractivity contribution in [3.63, 3.8) is 0 Å². The smallest absolute Gasteiger partial charge is 0.227 e. The maximum Gasteiger partial charge on any atom is 0.227 e. The quantitative estimate of drug-likeness (QED) is 0.797. The molecule has 0 atom stereocenters. The van der Waals surface area contributed by atoms with E-state index in [2.05, 4.69) is 5.32 Å². The van der Waals surface area contributed by atoms with Crippen LogP contribution in [-0.2, 0) is 11.2 Å². The van der Waals surface area contributed by atoms with Gasteiger partial charge in [0.2, 0.25) is 5.91 Å². The van der Waals surface area contributed by atoms with E-state index in [0.717, 1.165) is 18.7 Å². The Hall–Kier alpha value is -0.870. The van der Waals surface area contributed by atoms with Crippen LogP contribution in [0.25, 0.3) is 0 Å². The van der Waals surface area contributed by atoms with Crippen molar-refractivity contribution in [3.8, 4) is 0 Å². The van der Waals surface area contributed by atoms with Gasteiger partial charge in [-0.25, -0.2) is 0 Å². The van der Waals surface area contributed by atoms with Crippen LogP contribution in [0.3, 0.4) is 0 Å². The van der Waals surface area contributed by atoms with E-state index in [9.17, 15) is 4.79 Å². The Bertz CT molecular complexity index is 306. The Morgan fingerprint density at radius 2 is 2.50 bits per heavy atom. The van der Waals surface area contributed by atoms with Crippen LogP contribution in [0.15, 0.2) is 16.8 Å². The minimum Gasteiger partial charge on any atom is -0.340 e. The molecule has 0 aliphatic carbocycles. The van der Waals surface area contributed by atoms with Gasteiger partial charge in [0.1, 0.15) is 0 Å². The lowest BCUT2D eigenvalue weighted by atomic mass is 10.1. The fraction of sp³-hybridized carbons (Fsp3) is 0.500. The number of thiophene rings is 1. The van der Waals surface area contributed by atoms with E-state index in [1.807, 2.05) is 28.8 Å². The molecule has 1 aromatic rings. The number of nitrogens with one attached hydrogen (secondary N) is 1. The fourth-order valence-electron chi connectivity index (χ4n) is 1.44. The Morgan fingerprint density at radius 3 is 3.00 bits per heavy atom. The predicted octanol–water partition coefficient (Wildman–Crippen LogP) is 0.721. The van der Waals surface area contributed by atoms with Gasteiger partial charge in [-0.3, -0.25) is 4.79 Å². The first-order valence-electron chi connectivity index (χ1n) is 4.75. The summed E-state index contributed by atoms with van der Waals surface area (Å²) in [5, 5.41) is 7.20. The Kier molecular flexibility index (Phi) is 2.84. The molecule has 1 aliphatic heterocycles. The van der Waals surface area contributed by atoms with E-state index in [4.69, 9.17) is 0 Å². The molecule has 0 radical (unpaired) electrons. The molecule has 1 amide bonds. The van der Waals surface area contributed by atoms with E-state index < -0.39 is 0 Å². The average Bonchev–Trinajstić information content (AvgIpc) is 2.53. The van der Waals surface area contributed by atoms with Crippen molar-refractivity contribution in [2.75, 3.05) is 20.1 Å². The summed E-state index contributed by atoms with van der Waals surface area (Å²) in [6.07, 6.45) is 0.538. The Labute approximate surface area is 87.7 Å². The number of likely N-dealkylation sites (N-methyl/N-ethyl adjacent to an activating group) is 1. The number of hydrogen-bond donors (Lipinski definition) is 1. The number of nitrogens with zero attached hydrogens (tertiary/aromatic N) is 1. The van der Waals surface area contributed by atoms with Crippen LogP contribution in [-0.4, -0.2) is 37.0 Å². The van der Waals surface area contributed by atoms with Crippen molar-refractivity contribution in [2.45, 2.75) is 12.5 Å². The second-order valence-electron chi connectivity index (χ2n) is 3.63. The van der Waals surface area contributed by atoms with Gasteiger partial charge in [-0.15, -0.1) is 0 Å². The molecule has 14 heavy (non-hydrogen) atoms. The minimum atomic E-state index is 0.218. The Morgan fingerprint density at radius 1 is 1.71 bits per heavy atom. The van der Waals surface area contributed by atoms with Crippen LogP contribution < -0.4 is 5.32 Å². The largest absolute Gasteiger partial charge is 0.340 e. The molecule has 1 aromatic heterocycles. The van der Waals surface area contributed by atoms with Crippen LogP contribution >= 0.6 is 11.3 Å². The van der Waals surface area contributed by atoms with Crippen molar-refractivity contribution in [1.29, 1.82) is 0 Å². The number of carbonyl (C=O) groups is 1. The first-order valence-corrected chi connectivity index (χ1v) is 5.69. The molecule has 4 heteroatoms. The van der Waals surface area contributed by atoms with E-state index in [1.165, 1.54) is 0 Å². The molecule has 1 saturated heterocycles. The zero-order chi connectivity index (χ0) is 9.97. The second-order valence-corrected chi connectivity index (χ2v) is 4.41. The van der Waals surface area contributed by atoms with Crippen molar-refractivity contribution in [3.05, 3.63) is 22.4 Å². The summed E-state index contributed by atoms with van der Waals surface area (Å²) >= 11 is 1.64. The maximum absolute atomic E-state index is 11.7. The molecule has 0 spiro atoms. The zero-order valence-electron chi connectivity index (χ0n) is 8.19.